The zero-order valence-electron chi connectivity index (χ0n) is 13.9. The Morgan fingerprint density at radius 1 is 1.18 bits per heavy atom. The van der Waals surface area contributed by atoms with Crippen molar-refractivity contribution < 1.29 is 18.4 Å². The molecular weight excluding hydrogens is 284 g/mol. The van der Waals surface area contributed by atoms with E-state index in [1.807, 2.05) is 47.6 Å². The van der Waals surface area contributed by atoms with Gasteiger partial charge in [0, 0.05) is 5.46 Å². The average molecular weight is 305 g/mol. The van der Waals surface area contributed by atoms with E-state index in [0.29, 0.717) is 5.75 Å². The van der Waals surface area contributed by atoms with Crippen molar-refractivity contribution in [2.45, 2.75) is 58.8 Å². The molecule has 1 aromatic rings. The molecule has 0 atom stereocenters. The monoisotopic (exact) mass is 305 g/mol. The molecule has 1 fully saturated rings. The van der Waals surface area contributed by atoms with Gasteiger partial charge < -0.3 is 14.0 Å². The molecule has 0 aliphatic carbocycles. The molecule has 0 radical (unpaired) electrons. The van der Waals surface area contributed by atoms with Crippen LogP contribution in [0, 0.1) is 17.1 Å². The van der Waals surface area contributed by atoms with E-state index >= 15 is 0 Å². The Morgan fingerprint density at radius 3 is 2.18 bits per heavy atom. The van der Waals surface area contributed by atoms with Crippen molar-refractivity contribution >= 4 is 12.6 Å². The molecule has 4 nitrogen and oxygen atoms in total. The van der Waals surface area contributed by atoms with E-state index in [1.54, 1.807) is 0 Å². The van der Waals surface area contributed by atoms with Crippen LogP contribution in [0.15, 0.2) is 12.1 Å². The van der Waals surface area contributed by atoms with Crippen molar-refractivity contribution in [2.24, 2.45) is 0 Å². The highest BCUT2D eigenvalue weighted by molar-refractivity contribution is 6.62. The van der Waals surface area contributed by atoms with E-state index in [1.165, 1.54) is 6.07 Å². The van der Waals surface area contributed by atoms with Crippen LogP contribution in [0.25, 0.3) is 0 Å². The van der Waals surface area contributed by atoms with Crippen molar-refractivity contribution in [1.82, 2.24) is 0 Å². The van der Waals surface area contributed by atoms with Crippen LogP contribution in [0.1, 0.15) is 47.1 Å². The molecule has 118 valence electrons. The van der Waals surface area contributed by atoms with Gasteiger partial charge in [-0.15, -0.1) is 0 Å². The maximum Gasteiger partial charge on any atom is 0.497 e. The van der Waals surface area contributed by atoms with Gasteiger partial charge in [-0.3, -0.25) is 0 Å². The molecule has 0 spiro atoms. The third-order valence-corrected chi connectivity index (χ3v) is 4.09. The second kappa shape index (κ2) is 5.56. The van der Waals surface area contributed by atoms with Crippen LogP contribution in [0.2, 0.25) is 0 Å². The van der Waals surface area contributed by atoms with E-state index < -0.39 is 24.1 Å². The first-order valence-electron chi connectivity index (χ1n) is 7.33. The highest BCUT2D eigenvalue weighted by atomic mass is 19.1. The van der Waals surface area contributed by atoms with Crippen LogP contribution in [-0.2, 0) is 9.31 Å². The molecule has 0 bridgehead atoms. The third-order valence-electron chi connectivity index (χ3n) is 4.09. The molecule has 0 N–H and O–H groups in total. The quantitative estimate of drug-likeness (QED) is 0.806. The van der Waals surface area contributed by atoms with Gasteiger partial charge in [-0.2, -0.15) is 5.26 Å². The molecule has 6 heteroatoms. The van der Waals surface area contributed by atoms with Crippen LogP contribution < -0.4 is 10.2 Å². The molecule has 2 rings (SSSR count). The lowest BCUT2D eigenvalue weighted by Gasteiger charge is -2.32. The summed E-state index contributed by atoms with van der Waals surface area (Å²) in [6.45, 7) is 11.3. The van der Waals surface area contributed by atoms with E-state index in [4.69, 9.17) is 19.3 Å². The van der Waals surface area contributed by atoms with Crippen molar-refractivity contribution in [2.75, 3.05) is 0 Å². The molecule has 0 unspecified atom stereocenters. The van der Waals surface area contributed by atoms with E-state index in [2.05, 4.69) is 0 Å². The summed E-state index contributed by atoms with van der Waals surface area (Å²) in [5.41, 5.74) is -0.714. The Hall–Kier alpha value is -1.58. The molecule has 1 aromatic carbocycles. The summed E-state index contributed by atoms with van der Waals surface area (Å²) in [5.74, 6) is -0.199. The molecule has 0 amide bonds. The van der Waals surface area contributed by atoms with Gasteiger partial charge in [-0.25, -0.2) is 4.39 Å². The van der Waals surface area contributed by atoms with E-state index in [9.17, 15) is 4.39 Å². The fourth-order valence-corrected chi connectivity index (χ4v) is 2.16. The largest absolute Gasteiger partial charge is 0.497 e. The zero-order valence-corrected chi connectivity index (χ0v) is 13.9. The van der Waals surface area contributed by atoms with E-state index in [0.717, 1.165) is 6.07 Å². The van der Waals surface area contributed by atoms with Crippen molar-refractivity contribution in [3.63, 3.8) is 0 Å². The van der Waals surface area contributed by atoms with Gasteiger partial charge in [0.05, 0.1) is 22.9 Å². The van der Waals surface area contributed by atoms with Gasteiger partial charge in [0.1, 0.15) is 17.6 Å². The normalized spacial score (nSPS) is 19.3. The van der Waals surface area contributed by atoms with Crippen LogP contribution >= 0.6 is 0 Å². The van der Waals surface area contributed by atoms with Crippen LogP contribution in [0.5, 0.6) is 5.75 Å². The molecule has 22 heavy (non-hydrogen) atoms. The molecule has 0 aromatic heterocycles. The average Bonchev–Trinajstić information content (AvgIpc) is 2.59. The van der Waals surface area contributed by atoms with Gasteiger partial charge >= 0.3 is 7.12 Å². The summed E-state index contributed by atoms with van der Waals surface area (Å²) in [5, 5.41) is 9.12. The minimum atomic E-state index is -0.827. The number of nitriles is 1. The van der Waals surface area contributed by atoms with Crippen LogP contribution in [-0.4, -0.2) is 24.4 Å². The lowest BCUT2D eigenvalue weighted by Crippen LogP contribution is -2.41. The third kappa shape index (κ3) is 2.97. The lowest BCUT2D eigenvalue weighted by molar-refractivity contribution is 0.00578. The summed E-state index contributed by atoms with van der Waals surface area (Å²) < 4.78 is 31.7. The predicted octanol–water partition coefficient (Wildman–Crippen LogP) is 2.78. The minimum absolute atomic E-state index is 0.122. The second-order valence-corrected chi connectivity index (χ2v) is 6.74. The van der Waals surface area contributed by atoms with Crippen molar-refractivity contribution in [3.8, 4) is 11.8 Å². The van der Waals surface area contributed by atoms with Gasteiger partial charge in [0.2, 0.25) is 0 Å². The number of nitrogens with zero attached hydrogens (tertiary/aromatic N) is 1. The smallest absolute Gasteiger partial charge is 0.490 e. The number of halogens is 1. The zero-order chi connectivity index (χ0) is 16.7. The Balaban J connectivity index is 2.43. The minimum Gasteiger partial charge on any atom is -0.490 e. The number of hydrogen-bond donors (Lipinski definition) is 0. The van der Waals surface area contributed by atoms with Gasteiger partial charge in [0.15, 0.2) is 0 Å². The fraction of sp³-hybridized carbons (Fsp3) is 0.562. The summed E-state index contributed by atoms with van der Waals surface area (Å²) in [7, 11) is -0.827. The summed E-state index contributed by atoms with van der Waals surface area (Å²) in [6.07, 6.45) is -0.122. The topological polar surface area (TPSA) is 51.5 Å². The van der Waals surface area contributed by atoms with Crippen molar-refractivity contribution in [1.29, 1.82) is 5.26 Å². The summed E-state index contributed by atoms with van der Waals surface area (Å²) in [6, 6.07) is 4.61. The Kier molecular flexibility index (Phi) is 4.25. The van der Waals surface area contributed by atoms with Gasteiger partial charge in [0.25, 0.3) is 0 Å². The molecule has 1 saturated heterocycles. The highest BCUT2D eigenvalue weighted by Crippen LogP contribution is 2.37. The van der Waals surface area contributed by atoms with Gasteiger partial charge in [-0.1, -0.05) is 0 Å². The van der Waals surface area contributed by atoms with Crippen LogP contribution in [0.3, 0.4) is 0 Å². The summed E-state index contributed by atoms with van der Waals surface area (Å²) in [4.78, 5) is 0. The number of benzene rings is 1. The summed E-state index contributed by atoms with van der Waals surface area (Å²) >= 11 is 0. The van der Waals surface area contributed by atoms with Gasteiger partial charge in [-0.05, 0) is 53.7 Å². The molecular formula is C16H21BFNO3. The second-order valence-electron chi connectivity index (χ2n) is 6.74. The maximum atomic E-state index is 14.3. The van der Waals surface area contributed by atoms with E-state index in [-0.39, 0.29) is 17.1 Å². The van der Waals surface area contributed by atoms with Crippen molar-refractivity contribution in [3.05, 3.63) is 23.5 Å². The first-order valence-corrected chi connectivity index (χ1v) is 7.33. The first-order chi connectivity index (χ1) is 10.1. The standard InChI is InChI=1S/C16H21BFNO3/c1-10(2)20-14-8-12(13(18)7-11(14)9-19)17-21-15(3,4)16(5,6)22-17/h7-8,10H,1-6H3. The molecule has 1 aliphatic heterocycles. The number of ether oxygens (including phenoxy) is 1. The maximum absolute atomic E-state index is 14.3. The molecule has 1 heterocycles. The highest BCUT2D eigenvalue weighted by Gasteiger charge is 2.52. The molecule has 1 aliphatic rings. The Labute approximate surface area is 131 Å². The number of rotatable bonds is 3. The first kappa shape index (κ1) is 16.8. The number of hydrogen-bond acceptors (Lipinski definition) is 4. The lowest BCUT2D eigenvalue weighted by atomic mass is 9.78. The predicted molar refractivity (Wildman–Crippen MR) is 82.6 cm³/mol. The van der Waals surface area contributed by atoms with Crippen LogP contribution in [0.4, 0.5) is 4.39 Å². The molecule has 0 saturated carbocycles. The Morgan fingerprint density at radius 2 is 1.73 bits per heavy atom. The fourth-order valence-electron chi connectivity index (χ4n) is 2.16. The SMILES string of the molecule is CC(C)Oc1cc(B2OC(C)(C)C(C)(C)O2)c(F)cc1C#N. The Bertz CT molecular complexity index is 607.